The number of aliphatic hydroxyl groups is 1. The van der Waals surface area contributed by atoms with E-state index in [1.54, 1.807) is 6.92 Å². The lowest BCUT2D eigenvalue weighted by Gasteiger charge is -2.27. The SMILES string of the molecule is CCCC(O)C(C)C(=O)C(S)(S)CNC(C)=O. The molecular weight excluding hydrogens is 258 g/mol. The van der Waals surface area contributed by atoms with E-state index >= 15 is 0 Å². The van der Waals surface area contributed by atoms with Crippen LogP contribution in [-0.4, -0.2) is 33.5 Å². The fourth-order valence-electron chi connectivity index (χ4n) is 1.42. The van der Waals surface area contributed by atoms with E-state index < -0.39 is 16.1 Å². The first kappa shape index (κ1) is 16.8. The summed E-state index contributed by atoms with van der Waals surface area (Å²) in [4.78, 5) is 22.8. The molecule has 0 fully saturated rings. The van der Waals surface area contributed by atoms with Crippen LogP contribution in [0.15, 0.2) is 0 Å². The molecule has 0 aliphatic rings. The predicted octanol–water partition coefficient (Wildman–Crippen LogP) is 1.04. The Kier molecular flexibility index (Phi) is 7.20. The summed E-state index contributed by atoms with van der Waals surface area (Å²) in [6.07, 6.45) is 0.671. The molecule has 2 atom stereocenters. The quantitative estimate of drug-likeness (QED) is 0.416. The molecule has 0 bridgehead atoms. The van der Waals surface area contributed by atoms with Crippen molar-refractivity contribution in [1.29, 1.82) is 0 Å². The molecule has 0 aromatic rings. The number of rotatable bonds is 7. The van der Waals surface area contributed by atoms with Gasteiger partial charge in [0.2, 0.25) is 5.91 Å². The second-order valence-electron chi connectivity index (χ2n) is 4.24. The van der Waals surface area contributed by atoms with Crippen molar-refractivity contribution in [3.8, 4) is 0 Å². The first-order valence-electron chi connectivity index (χ1n) is 5.64. The van der Waals surface area contributed by atoms with Crippen molar-refractivity contribution in [2.24, 2.45) is 5.92 Å². The van der Waals surface area contributed by atoms with Gasteiger partial charge in [-0.3, -0.25) is 9.59 Å². The van der Waals surface area contributed by atoms with Crippen LogP contribution in [0.4, 0.5) is 0 Å². The normalized spacial score (nSPS) is 15.2. The Balaban J connectivity index is 4.49. The smallest absolute Gasteiger partial charge is 0.216 e. The molecular formula is C11H21NO3S2. The van der Waals surface area contributed by atoms with Crippen LogP contribution in [0.2, 0.25) is 0 Å². The number of hydrogen-bond donors (Lipinski definition) is 4. The first-order chi connectivity index (χ1) is 7.72. The predicted molar refractivity (Wildman–Crippen MR) is 74.5 cm³/mol. The van der Waals surface area contributed by atoms with Crippen molar-refractivity contribution < 1.29 is 14.7 Å². The van der Waals surface area contributed by atoms with Crippen molar-refractivity contribution in [1.82, 2.24) is 5.32 Å². The molecule has 0 aliphatic heterocycles. The van der Waals surface area contributed by atoms with Crippen LogP contribution >= 0.6 is 25.3 Å². The molecule has 17 heavy (non-hydrogen) atoms. The van der Waals surface area contributed by atoms with Crippen molar-refractivity contribution in [2.45, 2.75) is 43.8 Å². The summed E-state index contributed by atoms with van der Waals surface area (Å²) in [5.74, 6) is -1.07. The van der Waals surface area contributed by atoms with Gasteiger partial charge in [0.1, 0.15) is 4.08 Å². The molecule has 0 saturated carbocycles. The summed E-state index contributed by atoms with van der Waals surface area (Å²) >= 11 is 8.29. The van der Waals surface area contributed by atoms with Crippen molar-refractivity contribution in [3.63, 3.8) is 0 Å². The molecule has 0 heterocycles. The number of carbonyl (C=O) groups excluding carboxylic acids is 2. The van der Waals surface area contributed by atoms with Crippen LogP contribution in [0.25, 0.3) is 0 Å². The third kappa shape index (κ3) is 5.79. The Morgan fingerprint density at radius 2 is 1.94 bits per heavy atom. The van der Waals surface area contributed by atoms with Crippen molar-refractivity contribution in [2.75, 3.05) is 6.54 Å². The Labute approximate surface area is 113 Å². The highest BCUT2D eigenvalue weighted by atomic mass is 32.2. The van der Waals surface area contributed by atoms with Gasteiger partial charge in [0, 0.05) is 19.4 Å². The Bertz CT molecular complexity index is 282. The van der Waals surface area contributed by atoms with E-state index in [0.717, 1.165) is 6.42 Å². The van der Waals surface area contributed by atoms with Gasteiger partial charge in [0.05, 0.1) is 6.10 Å². The third-order valence-corrected chi connectivity index (χ3v) is 3.31. The third-order valence-electron chi connectivity index (χ3n) is 2.55. The van der Waals surface area contributed by atoms with E-state index in [1.807, 2.05) is 6.92 Å². The minimum absolute atomic E-state index is 0.0383. The van der Waals surface area contributed by atoms with Gasteiger partial charge in [-0.15, -0.1) is 0 Å². The molecule has 1 amide bonds. The maximum atomic E-state index is 12.0. The molecule has 2 N–H and O–H groups in total. The van der Waals surface area contributed by atoms with Gasteiger partial charge < -0.3 is 10.4 Å². The van der Waals surface area contributed by atoms with E-state index in [-0.39, 0.29) is 18.2 Å². The molecule has 0 aromatic carbocycles. The van der Waals surface area contributed by atoms with E-state index in [4.69, 9.17) is 0 Å². The summed E-state index contributed by atoms with van der Waals surface area (Å²) in [7, 11) is 0. The highest BCUT2D eigenvalue weighted by Gasteiger charge is 2.36. The second-order valence-corrected chi connectivity index (χ2v) is 6.11. The molecule has 0 aromatic heterocycles. The zero-order chi connectivity index (χ0) is 13.6. The summed E-state index contributed by atoms with van der Waals surface area (Å²) in [6.45, 7) is 4.98. The minimum Gasteiger partial charge on any atom is -0.392 e. The lowest BCUT2D eigenvalue weighted by Crippen LogP contribution is -2.45. The fraction of sp³-hybridized carbons (Fsp3) is 0.818. The van der Waals surface area contributed by atoms with Crippen LogP contribution < -0.4 is 5.32 Å². The lowest BCUT2D eigenvalue weighted by atomic mass is 9.94. The zero-order valence-corrected chi connectivity index (χ0v) is 12.2. The molecule has 6 heteroatoms. The molecule has 0 rings (SSSR count). The number of nitrogens with one attached hydrogen (secondary N) is 1. The standard InChI is InChI=1S/C11H21NO3S2/c1-4-5-9(14)7(2)10(15)11(16,17)6-12-8(3)13/h7,9,14,16-17H,4-6H2,1-3H3,(H,12,13). The fourth-order valence-corrected chi connectivity index (χ4v) is 1.99. The van der Waals surface area contributed by atoms with E-state index in [9.17, 15) is 14.7 Å². The average Bonchev–Trinajstić information content (AvgIpc) is 2.24. The summed E-state index contributed by atoms with van der Waals surface area (Å²) in [5, 5.41) is 12.3. The maximum Gasteiger partial charge on any atom is 0.216 e. The molecule has 0 spiro atoms. The largest absolute Gasteiger partial charge is 0.392 e. The van der Waals surface area contributed by atoms with Crippen LogP contribution in [-0.2, 0) is 9.59 Å². The van der Waals surface area contributed by atoms with Gasteiger partial charge >= 0.3 is 0 Å². The number of thiol groups is 2. The van der Waals surface area contributed by atoms with Crippen LogP contribution in [0.1, 0.15) is 33.6 Å². The second kappa shape index (κ2) is 7.28. The highest BCUT2D eigenvalue weighted by molar-refractivity contribution is 8.02. The van der Waals surface area contributed by atoms with E-state index in [2.05, 4.69) is 30.6 Å². The van der Waals surface area contributed by atoms with Crippen molar-refractivity contribution >= 4 is 36.9 Å². The van der Waals surface area contributed by atoms with Gasteiger partial charge in [-0.25, -0.2) is 0 Å². The van der Waals surface area contributed by atoms with Crippen LogP contribution in [0, 0.1) is 5.92 Å². The highest BCUT2D eigenvalue weighted by Crippen LogP contribution is 2.26. The van der Waals surface area contributed by atoms with Gasteiger partial charge in [-0.1, -0.05) is 20.3 Å². The number of amides is 1. The van der Waals surface area contributed by atoms with Crippen LogP contribution in [0.3, 0.4) is 0 Å². The molecule has 0 saturated heterocycles. The monoisotopic (exact) mass is 279 g/mol. The van der Waals surface area contributed by atoms with Gasteiger partial charge in [-0.05, 0) is 6.42 Å². The number of hydrogen-bond acceptors (Lipinski definition) is 5. The van der Waals surface area contributed by atoms with Gasteiger partial charge in [-0.2, -0.15) is 25.3 Å². The number of ketones is 1. The first-order valence-corrected chi connectivity index (χ1v) is 6.53. The van der Waals surface area contributed by atoms with Gasteiger partial charge in [0.25, 0.3) is 0 Å². The Morgan fingerprint density at radius 3 is 2.35 bits per heavy atom. The van der Waals surface area contributed by atoms with Gasteiger partial charge in [0.15, 0.2) is 5.78 Å². The Hall–Kier alpha value is -0.200. The molecule has 4 nitrogen and oxygen atoms in total. The molecule has 100 valence electrons. The number of aliphatic hydroxyl groups excluding tert-OH is 1. The molecule has 0 radical (unpaired) electrons. The average molecular weight is 279 g/mol. The summed E-state index contributed by atoms with van der Waals surface area (Å²) < 4.78 is -1.25. The number of Topliss-reactive ketones (excluding diaryl/α,β-unsaturated/α-hetero) is 1. The molecule has 0 aliphatic carbocycles. The lowest BCUT2D eigenvalue weighted by molar-refractivity contribution is -0.126. The summed E-state index contributed by atoms with van der Waals surface area (Å²) in [5.41, 5.74) is 0. The topological polar surface area (TPSA) is 66.4 Å². The number of carbonyl (C=O) groups is 2. The van der Waals surface area contributed by atoms with Crippen molar-refractivity contribution in [3.05, 3.63) is 0 Å². The summed E-state index contributed by atoms with van der Waals surface area (Å²) in [6, 6.07) is 0. The van der Waals surface area contributed by atoms with E-state index in [1.165, 1.54) is 6.92 Å². The maximum absolute atomic E-state index is 12.0. The zero-order valence-electron chi connectivity index (χ0n) is 10.4. The van der Waals surface area contributed by atoms with E-state index in [0.29, 0.717) is 6.42 Å². The minimum atomic E-state index is -1.25. The Morgan fingerprint density at radius 1 is 1.41 bits per heavy atom. The molecule has 2 unspecified atom stereocenters. The van der Waals surface area contributed by atoms with Crippen LogP contribution in [0.5, 0.6) is 0 Å².